The summed E-state index contributed by atoms with van der Waals surface area (Å²) in [6.45, 7) is 4.53. The normalized spacial score (nSPS) is 11.7. The molecule has 1 heterocycles. The molecule has 1 N–H and O–H groups in total. The molecule has 3 aromatic rings. The quantitative estimate of drug-likeness (QED) is 0.570. The molecule has 0 unspecified atom stereocenters. The number of alkyl halides is 3. The molecule has 0 amide bonds. The van der Waals surface area contributed by atoms with Gasteiger partial charge < -0.3 is 10.0 Å². The van der Waals surface area contributed by atoms with Crippen LogP contribution in [-0.4, -0.2) is 40.6 Å². The maximum Gasteiger partial charge on any atom is 0.416 e. The fraction of sp³-hybridized carbons (Fsp3) is 0.318. The maximum absolute atomic E-state index is 12.7. The number of fused-ring (bicyclic) bond motifs is 1. The Morgan fingerprint density at radius 2 is 1.86 bits per heavy atom. The number of aromatic nitrogens is 1. The number of hydrogen-bond acceptors (Lipinski definition) is 4. The number of aliphatic hydroxyl groups excluding tert-OH is 1. The summed E-state index contributed by atoms with van der Waals surface area (Å²) in [6.07, 6.45) is -3.63. The first-order valence-electron chi connectivity index (χ1n) is 9.31. The van der Waals surface area contributed by atoms with E-state index in [-0.39, 0.29) is 6.61 Å². The van der Waals surface area contributed by atoms with E-state index >= 15 is 0 Å². The third kappa shape index (κ3) is 5.36. The van der Waals surface area contributed by atoms with Gasteiger partial charge in [0.2, 0.25) is 0 Å². The summed E-state index contributed by atoms with van der Waals surface area (Å²) < 4.78 is 43.6. The molecule has 0 saturated carbocycles. The molecule has 0 atom stereocenters. The Balaban J connectivity index is 1.74. The second kappa shape index (κ2) is 9.40. The van der Waals surface area contributed by atoms with Gasteiger partial charge in [0.15, 0.2) is 0 Å². The molecule has 3 nitrogen and oxygen atoms in total. The summed E-state index contributed by atoms with van der Waals surface area (Å²) >= 11 is 1.31. The highest BCUT2D eigenvalue weighted by Crippen LogP contribution is 2.34. The van der Waals surface area contributed by atoms with Gasteiger partial charge in [0.05, 0.1) is 22.6 Å². The van der Waals surface area contributed by atoms with Gasteiger partial charge in [0.25, 0.3) is 0 Å². The van der Waals surface area contributed by atoms with Crippen molar-refractivity contribution in [1.82, 2.24) is 9.27 Å². The first-order valence-corrected chi connectivity index (χ1v) is 10.1. The highest BCUT2D eigenvalue weighted by molar-refractivity contribution is 7.13. The number of rotatable bonds is 6. The lowest BCUT2D eigenvalue weighted by atomic mass is 10.0. The van der Waals surface area contributed by atoms with Gasteiger partial charge in [-0.15, -0.1) is 0 Å². The molecule has 152 valence electrons. The van der Waals surface area contributed by atoms with Crippen molar-refractivity contribution in [2.24, 2.45) is 0 Å². The van der Waals surface area contributed by atoms with Crippen LogP contribution in [0.15, 0.2) is 42.5 Å². The van der Waals surface area contributed by atoms with Gasteiger partial charge in [-0.1, -0.05) is 37.0 Å². The van der Waals surface area contributed by atoms with E-state index in [1.165, 1.54) is 23.7 Å². The van der Waals surface area contributed by atoms with Crippen molar-refractivity contribution in [2.75, 3.05) is 26.2 Å². The van der Waals surface area contributed by atoms with Crippen LogP contribution in [0.5, 0.6) is 0 Å². The van der Waals surface area contributed by atoms with Gasteiger partial charge >= 0.3 is 6.18 Å². The van der Waals surface area contributed by atoms with Gasteiger partial charge in [-0.2, -0.15) is 17.5 Å². The molecule has 0 radical (unpaired) electrons. The van der Waals surface area contributed by atoms with Crippen LogP contribution in [0.2, 0.25) is 0 Å². The Hall–Kier alpha value is -2.40. The summed E-state index contributed by atoms with van der Waals surface area (Å²) in [5.74, 6) is 6.30. The molecular weight excluding hydrogens is 397 g/mol. The van der Waals surface area contributed by atoms with Crippen molar-refractivity contribution in [2.45, 2.75) is 19.5 Å². The van der Waals surface area contributed by atoms with Gasteiger partial charge in [-0.25, -0.2) is 0 Å². The molecule has 0 aliphatic carbocycles. The first kappa shape index (κ1) is 21.3. The SMILES string of the molecule is CCN(CCO)CCC#Cc1ccc2c(-c3ccc(C(F)(F)F)cc3)nsc2c1. The maximum atomic E-state index is 12.7. The topological polar surface area (TPSA) is 36.4 Å². The smallest absolute Gasteiger partial charge is 0.395 e. The second-order valence-electron chi connectivity index (χ2n) is 6.53. The molecule has 2 aromatic carbocycles. The third-order valence-electron chi connectivity index (χ3n) is 4.61. The Morgan fingerprint density at radius 1 is 1.10 bits per heavy atom. The van der Waals surface area contributed by atoms with Crippen molar-refractivity contribution in [3.05, 3.63) is 53.6 Å². The van der Waals surface area contributed by atoms with Crippen molar-refractivity contribution in [1.29, 1.82) is 0 Å². The molecule has 0 aliphatic rings. The summed E-state index contributed by atoms with van der Waals surface area (Å²) in [7, 11) is 0. The van der Waals surface area contributed by atoms with Crippen molar-refractivity contribution >= 4 is 21.6 Å². The zero-order chi connectivity index (χ0) is 20.9. The lowest BCUT2D eigenvalue weighted by Crippen LogP contribution is -2.27. The summed E-state index contributed by atoms with van der Waals surface area (Å²) in [5.41, 5.74) is 1.55. The Kier molecular flexibility index (Phi) is 6.91. The van der Waals surface area contributed by atoms with E-state index in [0.717, 1.165) is 40.9 Å². The van der Waals surface area contributed by atoms with E-state index in [0.29, 0.717) is 24.2 Å². The zero-order valence-corrected chi connectivity index (χ0v) is 16.8. The number of benzene rings is 2. The van der Waals surface area contributed by atoms with Crippen molar-refractivity contribution in [3.8, 4) is 23.1 Å². The molecular formula is C22H21F3N2OS. The molecule has 29 heavy (non-hydrogen) atoms. The zero-order valence-electron chi connectivity index (χ0n) is 16.0. The highest BCUT2D eigenvalue weighted by Gasteiger charge is 2.30. The molecule has 1 aromatic heterocycles. The number of likely N-dealkylation sites (N-methyl/N-ethyl adjacent to an activating group) is 1. The molecule has 3 rings (SSSR count). The molecule has 0 bridgehead atoms. The van der Waals surface area contributed by atoms with Gasteiger partial charge in [0.1, 0.15) is 0 Å². The number of nitrogens with zero attached hydrogens (tertiary/aromatic N) is 2. The molecule has 0 fully saturated rings. The predicted octanol–water partition coefficient (Wildman–Crippen LogP) is 5.04. The van der Waals surface area contributed by atoms with E-state index in [1.54, 1.807) is 0 Å². The minimum atomic E-state index is -4.34. The number of halogens is 3. The highest BCUT2D eigenvalue weighted by atomic mass is 32.1. The average molecular weight is 418 g/mol. The second-order valence-corrected chi connectivity index (χ2v) is 7.33. The van der Waals surface area contributed by atoms with E-state index in [9.17, 15) is 13.2 Å². The van der Waals surface area contributed by atoms with Gasteiger partial charge in [-0.3, -0.25) is 0 Å². The third-order valence-corrected chi connectivity index (χ3v) is 5.42. The van der Waals surface area contributed by atoms with E-state index < -0.39 is 11.7 Å². The summed E-state index contributed by atoms with van der Waals surface area (Å²) in [4.78, 5) is 2.14. The van der Waals surface area contributed by atoms with Gasteiger partial charge in [-0.05, 0) is 42.3 Å². The van der Waals surface area contributed by atoms with Gasteiger partial charge in [0, 0.05) is 36.0 Å². The lowest BCUT2D eigenvalue weighted by molar-refractivity contribution is -0.137. The Morgan fingerprint density at radius 3 is 2.52 bits per heavy atom. The van der Waals surface area contributed by atoms with Crippen LogP contribution in [0.3, 0.4) is 0 Å². The van der Waals surface area contributed by atoms with Crippen LogP contribution in [0.25, 0.3) is 21.3 Å². The van der Waals surface area contributed by atoms with Crippen LogP contribution >= 0.6 is 11.5 Å². The Bertz CT molecular complexity index is 1020. The summed E-state index contributed by atoms with van der Waals surface area (Å²) in [6, 6.07) is 10.8. The average Bonchev–Trinajstić information content (AvgIpc) is 3.13. The van der Waals surface area contributed by atoms with Crippen molar-refractivity contribution in [3.63, 3.8) is 0 Å². The van der Waals surface area contributed by atoms with Crippen LogP contribution in [0.1, 0.15) is 24.5 Å². The van der Waals surface area contributed by atoms with Crippen LogP contribution in [0, 0.1) is 11.8 Å². The molecule has 0 saturated heterocycles. The lowest BCUT2D eigenvalue weighted by Gasteiger charge is -2.16. The molecule has 7 heteroatoms. The fourth-order valence-electron chi connectivity index (χ4n) is 2.99. The minimum absolute atomic E-state index is 0.143. The predicted molar refractivity (Wildman–Crippen MR) is 111 cm³/mol. The van der Waals surface area contributed by atoms with Crippen molar-refractivity contribution < 1.29 is 18.3 Å². The van der Waals surface area contributed by atoms with E-state index in [4.69, 9.17) is 5.11 Å². The van der Waals surface area contributed by atoms with Crippen LogP contribution in [0.4, 0.5) is 13.2 Å². The van der Waals surface area contributed by atoms with E-state index in [1.807, 2.05) is 18.2 Å². The number of hydrogen-bond donors (Lipinski definition) is 1. The van der Waals surface area contributed by atoms with Crippen LogP contribution in [-0.2, 0) is 6.18 Å². The standard InChI is InChI=1S/C22H21F3N2OS/c1-2-27(13-14-28)12-4-3-5-16-6-11-19-20(15-16)29-26-21(19)17-7-9-18(10-8-17)22(23,24)25/h6-11,15,28H,2,4,12-14H2,1H3. The van der Waals surface area contributed by atoms with E-state index in [2.05, 4.69) is 28.0 Å². The van der Waals surface area contributed by atoms with Crippen LogP contribution < -0.4 is 0 Å². The molecule has 0 spiro atoms. The summed E-state index contributed by atoms with van der Waals surface area (Å²) in [5, 5.41) is 9.91. The Labute approximate surface area is 172 Å². The largest absolute Gasteiger partial charge is 0.416 e. The monoisotopic (exact) mass is 418 g/mol. The first-order chi connectivity index (χ1) is 13.9. The number of aliphatic hydroxyl groups is 1. The minimum Gasteiger partial charge on any atom is -0.395 e. The fourth-order valence-corrected chi connectivity index (χ4v) is 3.82. The molecule has 0 aliphatic heterocycles.